The first kappa shape index (κ1) is 14.0. The number of thioether (sulfide) groups is 1. The molecular weight excluding hydrogens is 337 g/mol. The zero-order valence-electron chi connectivity index (χ0n) is 8.52. The summed E-state index contributed by atoms with van der Waals surface area (Å²) in [5, 5.41) is 0.240. The molecule has 1 heterocycles. The van der Waals surface area contributed by atoms with Gasteiger partial charge < -0.3 is 4.74 Å². The standard InChI is InChI=1S/C10H4Cl3NO2S2/c11-5-1-3-6(4-2-5)16-10(15)18-9-14-7(12)8(13)17-9/h1-4H. The lowest BCUT2D eigenvalue weighted by Gasteiger charge is -2.01. The SMILES string of the molecule is O=C(Oc1ccc(Cl)cc1)Sc1nc(Cl)c(Cl)s1. The van der Waals surface area contributed by atoms with Crippen molar-refractivity contribution >= 4 is 63.2 Å². The molecule has 0 unspecified atom stereocenters. The summed E-state index contributed by atoms with van der Waals surface area (Å²) >= 11 is 19.1. The molecule has 0 amide bonds. The molecule has 0 aliphatic heterocycles. The zero-order valence-corrected chi connectivity index (χ0v) is 12.4. The highest BCUT2D eigenvalue weighted by Gasteiger charge is 2.13. The monoisotopic (exact) mass is 339 g/mol. The summed E-state index contributed by atoms with van der Waals surface area (Å²) in [5.74, 6) is 0.408. The molecule has 0 N–H and O–H groups in total. The smallest absolute Gasteiger partial charge is 0.379 e. The molecule has 0 radical (unpaired) electrons. The number of thiazole rings is 1. The van der Waals surface area contributed by atoms with Gasteiger partial charge in [-0.3, -0.25) is 0 Å². The van der Waals surface area contributed by atoms with Crippen LogP contribution in [0, 0.1) is 0 Å². The first-order chi connectivity index (χ1) is 8.54. The van der Waals surface area contributed by atoms with Crippen molar-refractivity contribution in [2.75, 3.05) is 0 Å². The molecule has 3 nitrogen and oxygen atoms in total. The molecule has 2 rings (SSSR count). The van der Waals surface area contributed by atoms with Crippen LogP contribution in [0.25, 0.3) is 0 Å². The molecule has 94 valence electrons. The second-order valence-electron chi connectivity index (χ2n) is 2.95. The lowest BCUT2D eigenvalue weighted by Crippen LogP contribution is -1.99. The number of aromatic nitrogens is 1. The number of benzene rings is 1. The van der Waals surface area contributed by atoms with E-state index in [1.165, 1.54) is 0 Å². The van der Waals surface area contributed by atoms with Crippen LogP contribution in [0.4, 0.5) is 4.79 Å². The first-order valence-electron chi connectivity index (χ1n) is 4.51. The van der Waals surface area contributed by atoms with Gasteiger partial charge in [-0.05, 0) is 24.3 Å². The van der Waals surface area contributed by atoms with Gasteiger partial charge in [0.15, 0.2) is 9.49 Å². The van der Waals surface area contributed by atoms with E-state index >= 15 is 0 Å². The van der Waals surface area contributed by atoms with Crippen molar-refractivity contribution in [3.05, 3.63) is 38.8 Å². The third-order valence-corrected chi connectivity index (χ3v) is 4.51. The maximum absolute atomic E-state index is 11.6. The van der Waals surface area contributed by atoms with Crippen LogP contribution in [-0.4, -0.2) is 10.3 Å². The lowest BCUT2D eigenvalue weighted by molar-refractivity contribution is 0.227. The Morgan fingerprint density at radius 2 is 1.89 bits per heavy atom. The Balaban J connectivity index is 1.98. The van der Waals surface area contributed by atoms with Gasteiger partial charge in [-0.2, -0.15) is 0 Å². The number of carbonyl (C=O) groups is 1. The van der Waals surface area contributed by atoms with Crippen molar-refractivity contribution in [1.29, 1.82) is 0 Å². The van der Waals surface area contributed by atoms with Crippen molar-refractivity contribution in [3.8, 4) is 5.75 Å². The summed E-state index contributed by atoms with van der Waals surface area (Å²) in [6, 6.07) is 6.46. The molecule has 0 saturated heterocycles. The van der Waals surface area contributed by atoms with E-state index in [1.54, 1.807) is 24.3 Å². The fraction of sp³-hybridized carbons (Fsp3) is 0. The highest BCUT2D eigenvalue weighted by Crippen LogP contribution is 2.34. The maximum Gasteiger partial charge on any atom is 0.379 e. The molecule has 1 aromatic heterocycles. The minimum Gasteiger partial charge on any atom is -0.418 e. The lowest BCUT2D eigenvalue weighted by atomic mass is 10.3. The average molecular weight is 341 g/mol. The summed E-state index contributed by atoms with van der Waals surface area (Å²) in [6.07, 6.45) is 0. The van der Waals surface area contributed by atoms with Gasteiger partial charge in [-0.25, -0.2) is 9.78 Å². The predicted molar refractivity (Wildman–Crippen MR) is 75.5 cm³/mol. The van der Waals surface area contributed by atoms with Gasteiger partial charge in [0.05, 0.1) is 0 Å². The quantitative estimate of drug-likeness (QED) is 0.542. The number of hydrogen-bond donors (Lipinski definition) is 0. The molecule has 0 saturated carbocycles. The normalized spacial score (nSPS) is 10.4. The van der Waals surface area contributed by atoms with Crippen LogP contribution >= 0.6 is 57.9 Å². The van der Waals surface area contributed by atoms with E-state index < -0.39 is 5.30 Å². The van der Waals surface area contributed by atoms with Crippen molar-refractivity contribution in [2.45, 2.75) is 4.34 Å². The number of ether oxygens (including phenoxy) is 1. The topological polar surface area (TPSA) is 39.2 Å². The van der Waals surface area contributed by atoms with Crippen molar-refractivity contribution < 1.29 is 9.53 Å². The summed E-state index contributed by atoms with van der Waals surface area (Å²) in [5.41, 5.74) is 0. The molecule has 0 aliphatic rings. The highest BCUT2D eigenvalue weighted by molar-refractivity contribution is 8.14. The van der Waals surface area contributed by atoms with Crippen LogP contribution < -0.4 is 4.74 Å². The Morgan fingerprint density at radius 1 is 1.22 bits per heavy atom. The summed E-state index contributed by atoms with van der Waals surface area (Å²) < 4.78 is 5.85. The molecule has 0 bridgehead atoms. The van der Waals surface area contributed by atoms with Crippen LogP contribution in [0.15, 0.2) is 28.6 Å². The third kappa shape index (κ3) is 3.76. The minimum absolute atomic E-state index is 0.184. The van der Waals surface area contributed by atoms with E-state index in [9.17, 15) is 4.79 Å². The molecule has 0 atom stereocenters. The fourth-order valence-corrected chi connectivity index (χ4v) is 3.28. The molecule has 1 aromatic carbocycles. The van der Waals surface area contributed by atoms with Crippen LogP contribution in [0.3, 0.4) is 0 Å². The molecular formula is C10H4Cl3NO2S2. The van der Waals surface area contributed by atoms with Gasteiger partial charge in [-0.1, -0.05) is 46.1 Å². The van der Waals surface area contributed by atoms with Crippen molar-refractivity contribution in [3.63, 3.8) is 0 Å². The van der Waals surface area contributed by atoms with Crippen molar-refractivity contribution in [2.24, 2.45) is 0 Å². The van der Waals surface area contributed by atoms with E-state index in [2.05, 4.69) is 4.98 Å². The summed E-state index contributed by atoms with van der Waals surface area (Å²) in [6.45, 7) is 0. The fourth-order valence-electron chi connectivity index (χ4n) is 1.00. The molecule has 0 fully saturated rings. The molecule has 0 aliphatic carbocycles. The van der Waals surface area contributed by atoms with Crippen LogP contribution in [0.2, 0.25) is 14.5 Å². The maximum atomic E-state index is 11.6. The number of rotatable bonds is 2. The van der Waals surface area contributed by atoms with E-state index in [0.717, 1.165) is 23.1 Å². The zero-order chi connectivity index (χ0) is 13.1. The van der Waals surface area contributed by atoms with E-state index in [1.807, 2.05) is 0 Å². The van der Waals surface area contributed by atoms with Gasteiger partial charge >= 0.3 is 5.30 Å². The largest absolute Gasteiger partial charge is 0.418 e. The van der Waals surface area contributed by atoms with E-state index in [4.69, 9.17) is 39.5 Å². The van der Waals surface area contributed by atoms with Gasteiger partial charge in [0.1, 0.15) is 10.1 Å². The second kappa shape index (κ2) is 6.12. The van der Waals surface area contributed by atoms with E-state index in [0.29, 0.717) is 19.4 Å². The third-order valence-electron chi connectivity index (χ3n) is 1.71. The number of halogens is 3. The van der Waals surface area contributed by atoms with Gasteiger partial charge in [-0.15, -0.1) is 0 Å². The Kier molecular flexibility index (Phi) is 4.75. The van der Waals surface area contributed by atoms with Gasteiger partial charge in [0.2, 0.25) is 0 Å². The molecule has 18 heavy (non-hydrogen) atoms. The van der Waals surface area contributed by atoms with Crippen LogP contribution in [0.5, 0.6) is 5.75 Å². The van der Waals surface area contributed by atoms with E-state index in [-0.39, 0.29) is 5.15 Å². The molecule has 2 aromatic rings. The second-order valence-corrected chi connectivity index (χ2v) is 6.53. The minimum atomic E-state index is -0.514. The van der Waals surface area contributed by atoms with Crippen LogP contribution in [-0.2, 0) is 0 Å². The summed E-state index contributed by atoms with van der Waals surface area (Å²) in [4.78, 5) is 15.5. The molecule has 8 heteroatoms. The highest BCUT2D eigenvalue weighted by atomic mass is 35.5. The summed E-state index contributed by atoms with van der Waals surface area (Å²) in [7, 11) is 0. The first-order valence-corrected chi connectivity index (χ1v) is 7.28. The number of carbonyl (C=O) groups excluding carboxylic acids is 1. The predicted octanol–water partition coefficient (Wildman–Crippen LogP) is 5.39. The average Bonchev–Trinajstić information content (AvgIpc) is 2.61. The Labute approximate surface area is 126 Å². The number of nitrogens with zero attached hydrogens (tertiary/aromatic N) is 1. The van der Waals surface area contributed by atoms with Gasteiger partial charge in [0.25, 0.3) is 0 Å². The Morgan fingerprint density at radius 3 is 2.44 bits per heavy atom. The van der Waals surface area contributed by atoms with Gasteiger partial charge in [0, 0.05) is 16.8 Å². The Bertz CT molecular complexity index is 552. The number of hydrogen-bond acceptors (Lipinski definition) is 5. The molecule has 0 spiro atoms. The van der Waals surface area contributed by atoms with Crippen molar-refractivity contribution in [1.82, 2.24) is 4.98 Å². The Hall–Kier alpha value is -0.460. The van der Waals surface area contributed by atoms with Crippen LogP contribution in [0.1, 0.15) is 0 Å².